The van der Waals surface area contributed by atoms with Crippen LogP contribution in [0.25, 0.3) is 0 Å². The average Bonchev–Trinajstić information content (AvgIpc) is 3.43. The predicted octanol–water partition coefficient (Wildman–Crippen LogP) is 3.71. The number of rotatable bonds is 9. The van der Waals surface area contributed by atoms with Gasteiger partial charge in [-0.2, -0.15) is 0 Å². The summed E-state index contributed by atoms with van der Waals surface area (Å²) in [6.07, 6.45) is 4.72. The second kappa shape index (κ2) is 11.7. The number of nitrogens with zero attached hydrogens (tertiary/aromatic N) is 3. The Morgan fingerprint density at radius 2 is 1.53 bits per heavy atom. The van der Waals surface area contributed by atoms with E-state index < -0.39 is 11.0 Å². The smallest absolute Gasteiger partial charge is 0.260 e. The molecule has 0 N–H and O–H groups in total. The van der Waals surface area contributed by atoms with E-state index in [1.54, 1.807) is 11.4 Å². The Morgan fingerprint density at radius 3 is 2.15 bits per heavy atom. The Labute approximate surface area is 205 Å². The summed E-state index contributed by atoms with van der Waals surface area (Å²) in [5.74, 6) is 1.43. The van der Waals surface area contributed by atoms with Gasteiger partial charge in [0.05, 0.1) is 11.5 Å². The van der Waals surface area contributed by atoms with E-state index in [-0.39, 0.29) is 12.5 Å². The summed E-state index contributed by atoms with van der Waals surface area (Å²) in [4.78, 5) is 17.8. The van der Waals surface area contributed by atoms with Crippen molar-refractivity contribution in [2.45, 2.75) is 43.5 Å². The highest BCUT2D eigenvalue weighted by Crippen LogP contribution is 2.24. The highest BCUT2D eigenvalue weighted by atomic mass is 32.2. The van der Waals surface area contributed by atoms with Gasteiger partial charge in [-0.05, 0) is 94.2 Å². The lowest BCUT2D eigenvalue weighted by molar-refractivity contribution is -0.134. The van der Waals surface area contributed by atoms with Crippen LogP contribution in [0.4, 0.5) is 5.69 Å². The highest BCUT2D eigenvalue weighted by Gasteiger charge is 2.28. The van der Waals surface area contributed by atoms with Crippen molar-refractivity contribution in [3.05, 3.63) is 48.5 Å². The van der Waals surface area contributed by atoms with Gasteiger partial charge in [0.25, 0.3) is 5.91 Å². The van der Waals surface area contributed by atoms with Crippen molar-refractivity contribution in [2.75, 3.05) is 50.7 Å². The van der Waals surface area contributed by atoms with Crippen molar-refractivity contribution in [3.63, 3.8) is 0 Å². The van der Waals surface area contributed by atoms with Crippen molar-refractivity contribution in [3.8, 4) is 11.5 Å². The Balaban J connectivity index is 1.24. The van der Waals surface area contributed by atoms with Crippen LogP contribution in [0.1, 0.15) is 32.6 Å². The number of anilines is 1. The van der Waals surface area contributed by atoms with Crippen LogP contribution in [0.15, 0.2) is 53.4 Å². The molecule has 1 unspecified atom stereocenters. The second-order valence-corrected chi connectivity index (χ2v) is 10.3. The summed E-state index contributed by atoms with van der Waals surface area (Å²) in [5, 5.41) is 0. The molecule has 0 aromatic heterocycles. The lowest BCUT2D eigenvalue weighted by Crippen LogP contribution is -2.47. The van der Waals surface area contributed by atoms with E-state index in [1.165, 1.54) is 25.9 Å². The van der Waals surface area contributed by atoms with Gasteiger partial charge in [-0.1, -0.05) is 0 Å². The standard InChI is InChI=1S/C26H35N3O4S/c1-3-32-23-10-12-25(13-11-23)34(31)27(2)21-6-8-24(9-7-21)33-20-26(30)29-18-14-22(15-19-29)28-16-4-5-17-28/h6-13,22H,3-5,14-20H2,1-2H3. The van der Waals surface area contributed by atoms with Crippen LogP contribution in [0.3, 0.4) is 0 Å². The molecule has 2 saturated heterocycles. The third kappa shape index (κ3) is 6.10. The van der Waals surface area contributed by atoms with Gasteiger partial charge in [0.2, 0.25) is 0 Å². The molecule has 8 heteroatoms. The zero-order chi connectivity index (χ0) is 23.9. The van der Waals surface area contributed by atoms with Crippen LogP contribution >= 0.6 is 0 Å². The summed E-state index contributed by atoms with van der Waals surface area (Å²) in [6, 6.07) is 15.2. The maximum absolute atomic E-state index is 12.9. The van der Waals surface area contributed by atoms with Crippen LogP contribution in [0.2, 0.25) is 0 Å². The molecule has 2 aromatic carbocycles. The molecule has 0 radical (unpaired) electrons. The van der Waals surface area contributed by atoms with Crippen molar-refractivity contribution < 1.29 is 18.5 Å². The van der Waals surface area contributed by atoms with E-state index in [2.05, 4.69) is 4.90 Å². The minimum atomic E-state index is -1.34. The number of carbonyl (C=O) groups is 1. The third-order valence-corrected chi connectivity index (χ3v) is 8.01. The zero-order valence-corrected chi connectivity index (χ0v) is 21.0. The molecule has 0 saturated carbocycles. The Hall–Kier alpha value is -2.58. The molecule has 2 fully saturated rings. The lowest BCUT2D eigenvalue weighted by Gasteiger charge is -2.36. The normalized spacial score (nSPS) is 18.0. The van der Waals surface area contributed by atoms with Gasteiger partial charge in [-0.15, -0.1) is 0 Å². The monoisotopic (exact) mass is 485 g/mol. The van der Waals surface area contributed by atoms with Gasteiger partial charge in [-0.3, -0.25) is 9.10 Å². The highest BCUT2D eigenvalue weighted by molar-refractivity contribution is 7.86. The first-order valence-electron chi connectivity index (χ1n) is 12.2. The molecule has 34 heavy (non-hydrogen) atoms. The molecule has 1 amide bonds. The number of amides is 1. The fourth-order valence-electron chi connectivity index (χ4n) is 4.65. The van der Waals surface area contributed by atoms with Crippen molar-refractivity contribution in [1.29, 1.82) is 0 Å². The van der Waals surface area contributed by atoms with Crippen molar-refractivity contribution in [1.82, 2.24) is 9.80 Å². The molecular formula is C26H35N3O4S. The van der Waals surface area contributed by atoms with Crippen molar-refractivity contribution in [2.24, 2.45) is 0 Å². The number of piperidine rings is 1. The van der Waals surface area contributed by atoms with Crippen molar-refractivity contribution >= 4 is 22.6 Å². The number of hydrogen-bond donors (Lipinski definition) is 0. The Bertz CT molecular complexity index is 953. The maximum atomic E-state index is 12.9. The van der Waals surface area contributed by atoms with Gasteiger partial charge in [0.1, 0.15) is 11.5 Å². The minimum Gasteiger partial charge on any atom is -0.494 e. The number of ether oxygens (including phenoxy) is 2. The number of hydrogen-bond acceptors (Lipinski definition) is 5. The lowest BCUT2D eigenvalue weighted by atomic mass is 10.0. The van der Waals surface area contributed by atoms with E-state index in [1.807, 2.05) is 60.4 Å². The van der Waals surface area contributed by atoms with Gasteiger partial charge >= 0.3 is 0 Å². The van der Waals surface area contributed by atoms with E-state index in [4.69, 9.17) is 9.47 Å². The van der Waals surface area contributed by atoms with E-state index >= 15 is 0 Å². The Kier molecular flexibility index (Phi) is 8.45. The van der Waals surface area contributed by atoms with Crippen LogP contribution in [-0.2, 0) is 15.8 Å². The van der Waals surface area contributed by atoms with E-state index in [0.717, 1.165) is 37.4 Å². The Morgan fingerprint density at radius 1 is 0.941 bits per heavy atom. The molecule has 4 rings (SSSR count). The molecule has 7 nitrogen and oxygen atoms in total. The van der Waals surface area contributed by atoms with Gasteiger partial charge < -0.3 is 19.3 Å². The number of likely N-dealkylation sites (tertiary alicyclic amines) is 2. The van der Waals surface area contributed by atoms with Crippen LogP contribution in [0, 0.1) is 0 Å². The SMILES string of the molecule is CCOc1ccc(S(=O)N(C)c2ccc(OCC(=O)N3CCC(N4CCCC4)CC3)cc2)cc1. The molecule has 1 atom stereocenters. The predicted molar refractivity (Wildman–Crippen MR) is 135 cm³/mol. The van der Waals surface area contributed by atoms with Crippen LogP contribution in [0.5, 0.6) is 11.5 Å². The quantitative estimate of drug-likeness (QED) is 0.542. The van der Waals surface area contributed by atoms with Crippen LogP contribution < -0.4 is 13.8 Å². The molecule has 2 aliphatic rings. The topological polar surface area (TPSA) is 62.3 Å². The largest absolute Gasteiger partial charge is 0.494 e. The molecule has 0 spiro atoms. The summed E-state index contributed by atoms with van der Waals surface area (Å²) >= 11 is 0. The summed E-state index contributed by atoms with van der Waals surface area (Å²) in [5.41, 5.74) is 0.801. The maximum Gasteiger partial charge on any atom is 0.260 e. The molecule has 2 heterocycles. The third-order valence-electron chi connectivity index (χ3n) is 6.62. The van der Waals surface area contributed by atoms with E-state index in [9.17, 15) is 9.00 Å². The molecule has 0 aliphatic carbocycles. The summed E-state index contributed by atoms with van der Waals surface area (Å²) in [7, 11) is 0.446. The molecule has 184 valence electrons. The minimum absolute atomic E-state index is 0.0395. The fourth-order valence-corrected chi connectivity index (χ4v) is 5.65. The first-order chi connectivity index (χ1) is 16.5. The summed E-state index contributed by atoms with van der Waals surface area (Å²) < 4.78 is 25.8. The second-order valence-electron chi connectivity index (χ2n) is 8.79. The zero-order valence-electron chi connectivity index (χ0n) is 20.2. The fraction of sp³-hybridized carbons (Fsp3) is 0.500. The first-order valence-corrected chi connectivity index (χ1v) is 13.3. The van der Waals surface area contributed by atoms with Gasteiger partial charge in [0, 0.05) is 31.9 Å². The molecule has 2 aromatic rings. The van der Waals surface area contributed by atoms with Gasteiger partial charge in [-0.25, -0.2) is 4.21 Å². The molecule has 0 bridgehead atoms. The molecular weight excluding hydrogens is 450 g/mol. The van der Waals surface area contributed by atoms with Crippen LogP contribution in [-0.4, -0.2) is 72.4 Å². The average molecular weight is 486 g/mol. The molecule has 2 aliphatic heterocycles. The van der Waals surface area contributed by atoms with E-state index in [0.29, 0.717) is 23.3 Å². The first kappa shape index (κ1) is 24.5. The number of benzene rings is 2. The summed E-state index contributed by atoms with van der Waals surface area (Å²) in [6.45, 7) is 6.61. The van der Waals surface area contributed by atoms with Gasteiger partial charge in [0.15, 0.2) is 17.6 Å². The number of carbonyl (C=O) groups excluding carboxylic acids is 1.